The second kappa shape index (κ2) is 18.4. The van der Waals surface area contributed by atoms with Gasteiger partial charge in [-0.05, 0) is 142 Å². The summed E-state index contributed by atoms with van der Waals surface area (Å²) in [5.41, 5.74) is 9.81. The van der Waals surface area contributed by atoms with Crippen molar-refractivity contribution < 1.29 is 5.11 Å². The van der Waals surface area contributed by atoms with E-state index in [4.69, 9.17) is 4.99 Å². The summed E-state index contributed by atoms with van der Waals surface area (Å²) >= 11 is 0. The Morgan fingerprint density at radius 1 is 1.02 bits per heavy atom. The molecule has 2 nitrogen and oxygen atoms in total. The Morgan fingerprint density at radius 2 is 1.83 bits per heavy atom. The molecule has 2 heteroatoms. The number of aliphatic imine (C=N–C) groups is 1. The van der Waals surface area contributed by atoms with E-state index in [1.807, 2.05) is 12.2 Å². The van der Waals surface area contributed by atoms with Crippen LogP contribution >= 0.6 is 0 Å². The molecule has 0 radical (unpaired) electrons. The van der Waals surface area contributed by atoms with Gasteiger partial charge in [-0.1, -0.05) is 99.2 Å². The lowest BCUT2D eigenvalue weighted by Gasteiger charge is -2.31. The maximum absolute atomic E-state index is 10.8. The molecular formula is C44H61NO. The summed E-state index contributed by atoms with van der Waals surface area (Å²) in [5, 5.41) is 10.8. The highest BCUT2D eigenvalue weighted by Gasteiger charge is 2.26. The van der Waals surface area contributed by atoms with Crippen LogP contribution in [0.1, 0.15) is 115 Å². The van der Waals surface area contributed by atoms with Crippen molar-refractivity contribution in [3.05, 3.63) is 118 Å². The Hall–Kier alpha value is -2.97. The second-order valence-corrected chi connectivity index (χ2v) is 14.4. The number of aliphatic hydroxyl groups is 1. The zero-order valence-corrected chi connectivity index (χ0v) is 29.6. The van der Waals surface area contributed by atoms with Crippen LogP contribution in [0.25, 0.3) is 0 Å². The Labute approximate surface area is 281 Å². The fourth-order valence-electron chi connectivity index (χ4n) is 7.87. The van der Waals surface area contributed by atoms with Crippen LogP contribution in [-0.2, 0) is 0 Å². The van der Waals surface area contributed by atoms with Gasteiger partial charge in [-0.2, -0.15) is 0 Å². The van der Waals surface area contributed by atoms with E-state index in [1.165, 1.54) is 79.2 Å². The molecule has 0 aromatic heterocycles. The number of hydrogen-bond donors (Lipinski definition) is 1. The van der Waals surface area contributed by atoms with Gasteiger partial charge in [-0.15, -0.1) is 6.58 Å². The first kappa shape index (κ1) is 35.9. The zero-order valence-electron chi connectivity index (χ0n) is 29.6. The Bertz CT molecular complexity index is 1360. The van der Waals surface area contributed by atoms with E-state index in [0.717, 1.165) is 31.7 Å². The van der Waals surface area contributed by atoms with Gasteiger partial charge in [0.25, 0.3) is 0 Å². The molecule has 1 aromatic carbocycles. The molecule has 2 aliphatic carbocycles. The molecule has 46 heavy (non-hydrogen) atoms. The molecule has 1 heterocycles. The lowest BCUT2D eigenvalue weighted by molar-refractivity contribution is 0.192. The highest BCUT2D eigenvalue weighted by molar-refractivity contribution is 5.80. The molecule has 1 aromatic rings. The van der Waals surface area contributed by atoms with E-state index in [2.05, 4.69) is 108 Å². The molecule has 0 bridgehead atoms. The van der Waals surface area contributed by atoms with Crippen molar-refractivity contribution >= 4 is 6.21 Å². The molecule has 248 valence electrons. The molecule has 6 atom stereocenters. The van der Waals surface area contributed by atoms with E-state index >= 15 is 0 Å². The summed E-state index contributed by atoms with van der Waals surface area (Å²) in [4.78, 5) is 4.89. The minimum absolute atomic E-state index is 0.00781. The number of benzene rings is 1. The highest BCUT2D eigenvalue weighted by Crippen LogP contribution is 2.39. The summed E-state index contributed by atoms with van der Waals surface area (Å²) in [5.74, 6) is 2.69. The molecule has 0 saturated carbocycles. The highest BCUT2D eigenvalue weighted by atomic mass is 16.3. The summed E-state index contributed by atoms with van der Waals surface area (Å²) in [6.45, 7) is 16.3. The van der Waals surface area contributed by atoms with Crippen LogP contribution in [0.4, 0.5) is 0 Å². The fourth-order valence-corrected chi connectivity index (χ4v) is 7.87. The average Bonchev–Trinajstić information content (AvgIpc) is 3.13. The van der Waals surface area contributed by atoms with Crippen LogP contribution in [0.5, 0.6) is 0 Å². The van der Waals surface area contributed by atoms with E-state index in [9.17, 15) is 5.11 Å². The lowest BCUT2D eigenvalue weighted by atomic mass is 9.74. The minimum atomic E-state index is -0.483. The normalized spacial score (nSPS) is 27.7. The first-order chi connectivity index (χ1) is 22.3. The van der Waals surface area contributed by atoms with Gasteiger partial charge in [0, 0.05) is 12.1 Å². The van der Waals surface area contributed by atoms with Gasteiger partial charge in [-0.3, -0.25) is 4.99 Å². The molecule has 0 fully saturated rings. The molecule has 0 saturated heterocycles. The van der Waals surface area contributed by atoms with Gasteiger partial charge in [0.15, 0.2) is 0 Å². The summed E-state index contributed by atoms with van der Waals surface area (Å²) in [6, 6.07) is 9.08. The number of rotatable bonds is 15. The summed E-state index contributed by atoms with van der Waals surface area (Å²) in [7, 11) is 0. The van der Waals surface area contributed by atoms with Crippen molar-refractivity contribution in [1.29, 1.82) is 0 Å². The van der Waals surface area contributed by atoms with Crippen LogP contribution < -0.4 is 0 Å². The van der Waals surface area contributed by atoms with Crippen molar-refractivity contribution in [3.63, 3.8) is 0 Å². The molecule has 0 spiro atoms. The van der Waals surface area contributed by atoms with Gasteiger partial charge in [0.2, 0.25) is 0 Å². The van der Waals surface area contributed by atoms with Crippen LogP contribution in [0.2, 0.25) is 0 Å². The SMILES string of the molecule is C=CCCC(C)C(C)C(CCCC1=CCCC(CC/C2=C/C(C3C=CC=CC3O)=C\C(C)=C(/CC)C=NC2)C1)c1ccccc1C. The van der Waals surface area contributed by atoms with Gasteiger partial charge in [0.1, 0.15) is 0 Å². The van der Waals surface area contributed by atoms with Crippen molar-refractivity contribution in [1.82, 2.24) is 0 Å². The Balaban J connectivity index is 1.37. The quantitative estimate of drug-likeness (QED) is 0.195. The molecule has 1 N–H and O–H groups in total. The standard InChI is InChI=1S/C44H61NO/c1-7-9-16-32(3)35(6)42(41-21-11-10-17-33(41)4)23-15-20-36-18-14-19-37(28-36)25-26-38-29-40(43-22-12-13-24-44(43)46)27-34(5)39(8-2)31-45-30-38/h7,10-13,17-18,21-22,24,27,29,31-32,35,37,42-44,46H,1,8-9,14-16,19-20,23,25-26,28,30H2,2-6H3/b38-29-,39-34+,40-27+,45-31?. The van der Waals surface area contributed by atoms with Gasteiger partial charge in [0.05, 0.1) is 12.6 Å². The van der Waals surface area contributed by atoms with E-state index in [0.29, 0.717) is 17.8 Å². The molecule has 0 amide bonds. The fraction of sp³-hybridized carbons (Fsp3) is 0.523. The second-order valence-electron chi connectivity index (χ2n) is 14.4. The number of aryl methyl sites for hydroxylation is 1. The van der Waals surface area contributed by atoms with Crippen LogP contribution in [0.3, 0.4) is 0 Å². The number of allylic oxidation sites excluding steroid dienone is 9. The average molecular weight is 620 g/mol. The number of aliphatic hydroxyl groups excluding tert-OH is 1. The predicted molar refractivity (Wildman–Crippen MR) is 200 cm³/mol. The maximum atomic E-state index is 10.8. The van der Waals surface area contributed by atoms with Crippen LogP contribution in [0, 0.1) is 30.6 Å². The third-order valence-corrected chi connectivity index (χ3v) is 11.1. The molecule has 1 aliphatic heterocycles. The van der Waals surface area contributed by atoms with Crippen molar-refractivity contribution in [2.75, 3.05) is 6.54 Å². The van der Waals surface area contributed by atoms with Crippen molar-refractivity contribution in [3.8, 4) is 0 Å². The summed E-state index contributed by atoms with van der Waals surface area (Å²) in [6.07, 6.45) is 32.1. The van der Waals surface area contributed by atoms with E-state index in [-0.39, 0.29) is 5.92 Å². The number of hydrogen-bond acceptors (Lipinski definition) is 2. The third-order valence-electron chi connectivity index (χ3n) is 11.1. The largest absolute Gasteiger partial charge is 0.388 e. The predicted octanol–water partition coefficient (Wildman–Crippen LogP) is 11.8. The molecule has 3 aliphatic rings. The van der Waals surface area contributed by atoms with Crippen LogP contribution in [-0.4, -0.2) is 24.0 Å². The van der Waals surface area contributed by atoms with Crippen molar-refractivity contribution in [2.45, 2.75) is 117 Å². The molecule has 6 unspecified atom stereocenters. The van der Waals surface area contributed by atoms with Gasteiger partial charge < -0.3 is 5.11 Å². The Morgan fingerprint density at radius 3 is 2.59 bits per heavy atom. The van der Waals surface area contributed by atoms with Gasteiger partial charge in [-0.25, -0.2) is 0 Å². The zero-order chi connectivity index (χ0) is 32.9. The number of nitrogens with zero attached hydrogens (tertiary/aromatic N) is 1. The van der Waals surface area contributed by atoms with E-state index < -0.39 is 6.10 Å². The van der Waals surface area contributed by atoms with Crippen LogP contribution in [0.15, 0.2) is 112 Å². The smallest absolute Gasteiger partial charge is 0.0827 e. The van der Waals surface area contributed by atoms with Crippen molar-refractivity contribution in [2.24, 2.45) is 28.7 Å². The minimum Gasteiger partial charge on any atom is -0.388 e. The third kappa shape index (κ3) is 10.3. The molecular weight excluding hydrogens is 558 g/mol. The first-order valence-corrected chi connectivity index (χ1v) is 18.3. The Kier molecular flexibility index (Phi) is 14.3. The topological polar surface area (TPSA) is 32.6 Å². The van der Waals surface area contributed by atoms with E-state index in [1.54, 1.807) is 11.1 Å². The summed E-state index contributed by atoms with van der Waals surface area (Å²) < 4.78 is 0. The van der Waals surface area contributed by atoms with Gasteiger partial charge >= 0.3 is 0 Å². The maximum Gasteiger partial charge on any atom is 0.0827 e. The monoisotopic (exact) mass is 619 g/mol. The molecule has 4 rings (SSSR count). The first-order valence-electron chi connectivity index (χ1n) is 18.3. The lowest BCUT2D eigenvalue weighted by Crippen LogP contribution is -2.20.